The van der Waals surface area contributed by atoms with Crippen LogP contribution in [0.1, 0.15) is 23.2 Å². The van der Waals surface area contributed by atoms with Gasteiger partial charge in [-0.15, -0.1) is 5.10 Å². The van der Waals surface area contributed by atoms with Gasteiger partial charge in [-0.05, 0) is 43.2 Å². The molecule has 2 N–H and O–H groups in total. The monoisotopic (exact) mass is 412 g/mol. The van der Waals surface area contributed by atoms with Gasteiger partial charge in [0.05, 0.1) is 22.8 Å². The van der Waals surface area contributed by atoms with E-state index in [4.69, 9.17) is 11.6 Å². The fourth-order valence-corrected chi connectivity index (χ4v) is 3.56. The minimum absolute atomic E-state index is 0.0388. The van der Waals surface area contributed by atoms with Crippen molar-refractivity contribution in [2.45, 2.75) is 19.4 Å². The van der Waals surface area contributed by atoms with Crippen LogP contribution in [0.4, 0.5) is 10.5 Å². The zero-order chi connectivity index (χ0) is 20.2. The quantitative estimate of drug-likeness (QED) is 0.673. The number of nitrogens with zero attached hydrogens (tertiary/aromatic N) is 4. The van der Waals surface area contributed by atoms with E-state index in [2.05, 4.69) is 20.9 Å². The summed E-state index contributed by atoms with van der Waals surface area (Å²) < 4.78 is 1.70. The van der Waals surface area contributed by atoms with Crippen LogP contribution in [0.3, 0.4) is 0 Å². The molecule has 0 radical (unpaired) electrons. The van der Waals surface area contributed by atoms with Crippen molar-refractivity contribution in [3.63, 3.8) is 0 Å². The molecule has 0 atom stereocenters. The molecule has 1 aromatic heterocycles. The van der Waals surface area contributed by atoms with E-state index >= 15 is 0 Å². The van der Waals surface area contributed by atoms with Gasteiger partial charge in [-0.2, -0.15) is 0 Å². The van der Waals surface area contributed by atoms with Crippen molar-refractivity contribution in [3.05, 3.63) is 53.1 Å². The summed E-state index contributed by atoms with van der Waals surface area (Å²) in [5.74, 6) is 0.0388. The summed E-state index contributed by atoms with van der Waals surface area (Å²) in [6.45, 7) is 2.44. The van der Waals surface area contributed by atoms with Crippen LogP contribution >= 0.6 is 11.6 Å². The summed E-state index contributed by atoms with van der Waals surface area (Å²) in [5.41, 5.74) is 2.66. The van der Waals surface area contributed by atoms with Gasteiger partial charge in [-0.25, -0.2) is 9.48 Å². The maximum atomic E-state index is 12.5. The van der Waals surface area contributed by atoms with Gasteiger partial charge in [0.1, 0.15) is 5.52 Å². The Bertz CT molecular complexity index is 1040. The lowest BCUT2D eigenvalue weighted by Crippen LogP contribution is -2.31. The summed E-state index contributed by atoms with van der Waals surface area (Å²) in [4.78, 5) is 26.4. The van der Waals surface area contributed by atoms with Gasteiger partial charge in [0.15, 0.2) is 0 Å². The van der Waals surface area contributed by atoms with Crippen molar-refractivity contribution in [2.24, 2.45) is 0 Å². The molecule has 4 rings (SSSR count). The van der Waals surface area contributed by atoms with Crippen molar-refractivity contribution in [3.8, 4) is 0 Å². The Labute approximate surface area is 172 Å². The summed E-state index contributed by atoms with van der Waals surface area (Å²) in [5, 5.41) is 14.2. The highest BCUT2D eigenvalue weighted by atomic mass is 35.5. The average molecular weight is 413 g/mol. The smallest absolute Gasteiger partial charge is 0.319 e. The predicted octanol–water partition coefficient (Wildman–Crippen LogP) is 3.14. The van der Waals surface area contributed by atoms with Gasteiger partial charge < -0.3 is 15.5 Å². The summed E-state index contributed by atoms with van der Waals surface area (Å²) >= 11 is 6.03. The molecule has 1 aliphatic heterocycles. The molecule has 2 aromatic carbocycles. The Kier molecular flexibility index (Phi) is 5.62. The zero-order valence-corrected chi connectivity index (χ0v) is 16.5. The van der Waals surface area contributed by atoms with Crippen molar-refractivity contribution >= 4 is 40.3 Å². The van der Waals surface area contributed by atoms with Gasteiger partial charge in [-0.1, -0.05) is 28.9 Å². The Morgan fingerprint density at radius 1 is 1.10 bits per heavy atom. The van der Waals surface area contributed by atoms with Gasteiger partial charge >= 0.3 is 6.03 Å². The summed E-state index contributed by atoms with van der Waals surface area (Å²) in [6, 6.07) is 12.1. The molecule has 150 valence electrons. The molecule has 9 heteroatoms. The number of hydrogen-bond donors (Lipinski definition) is 2. The van der Waals surface area contributed by atoms with Crippen LogP contribution in [0.2, 0.25) is 5.02 Å². The van der Waals surface area contributed by atoms with E-state index in [-0.39, 0.29) is 11.9 Å². The molecule has 0 bridgehead atoms. The first kappa shape index (κ1) is 19.2. The van der Waals surface area contributed by atoms with E-state index in [0.29, 0.717) is 34.9 Å². The molecule has 0 spiro atoms. The molecule has 3 aromatic rings. The highest BCUT2D eigenvalue weighted by Gasteiger charge is 2.20. The highest BCUT2D eigenvalue weighted by Crippen LogP contribution is 2.20. The van der Waals surface area contributed by atoms with Crippen LogP contribution < -0.4 is 10.6 Å². The maximum Gasteiger partial charge on any atom is 0.319 e. The number of hydrogen-bond acceptors (Lipinski definition) is 4. The molecule has 1 saturated heterocycles. The normalized spacial score (nSPS) is 13.6. The maximum absolute atomic E-state index is 12.5. The largest absolute Gasteiger partial charge is 0.339 e. The van der Waals surface area contributed by atoms with Crippen molar-refractivity contribution in [2.75, 3.05) is 25.0 Å². The minimum atomic E-state index is -0.346. The lowest BCUT2D eigenvalue weighted by Gasteiger charge is -2.14. The number of urea groups is 1. The average Bonchev–Trinajstić information content (AvgIpc) is 3.39. The number of nitrogens with one attached hydrogen (secondary N) is 2. The number of aromatic nitrogens is 3. The van der Waals surface area contributed by atoms with E-state index in [1.807, 2.05) is 11.0 Å². The third-order valence-electron chi connectivity index (χ3n) is 4.89. The third kappa shape index (κ3) is 4.32. The van der Waals surface area contributed by atoms with E-state index in [1.165, 1.54) is 0 Å². The Balaban J connectivity index is 1.35. The van der Waals surface area contributed by atoms with E-state index in [9.17, 15) is 9.59 Å². The number of carbonyl (C=O) groups is 2. The topological polar surface area (TPSA) is 92.1 Å². The van der Waals surface area contributed by atoms with Crippen molar-refractivity contribution < 1.29 is 9.59 Å². The molecule has 1 aliphatic rings. The number of halogens is 1. The Morgan fingerprint density at radius 2 is 1.90 bits per heavy atom. The Morgan fingerprint density at radius 3 is 2.69 bits per heavy atom. The summed E-state index contributed by atoms with van der Waals surface area (Å²) in [6.07, 6.45) is 2.11. The first-order chi connectivity index (χ1) is 14.1. The first-order valence-electron chi connectivity index (χ1n) is 9.54. The first-order valence-corrected chi connectivity index (χ1v) is 9.91. The molecular weight excluding hydrogens is 392 g/mol. The molecule has 0 unspecified atom stereocenters. The van der Waals surface area contributed by atoms with E-state index < -0.39 is 0 Å². The molecule has 8 nitrogen and oxygen atoms in total. The van der Waals surface area contributed by atoms with Crippen molar-refractivity contribution in [1.29, 1.82) is 0 Å². The number of carbonyl (C=O) groups excluding carboxylic acids is 2. The van der Waals surface area contributed by atoms with Crippen molar-refractivity contribution in [1.82, 2.24) is 25.2 Å². The second-order valence-corrected chi connectivity index (χ2v) is 7.28. The van der Waals surface area contributed by atoms with Crippen LogP contribution in [0.25, 0.3) is 11.0 Å². The van der Waals surface area contributed by atoms with Crippen LogP contribution in [0.5, 0.6) is 0 Å². The summed E-state index contributed by atoms with van der Waals surface area (Å²) in [7, 11) is 0. The van der Waals surface area contributed by atoms with Crippen LogP contribution in [0, 0.1) is 0 Å². The lowest BCUT2D eigenvalue weighted by molar-refractivity contribution is 0.0793. The molecular formula is C20H21ClN6O2. The van der Waals surface area contributed by atoms with Crippen LogP contribution in [-0.2, 0) is 6.54 Å². The second kappa shape index (κ2) is 8.48. The standard InChI is InChI=1S/C20H21ClN6O2/c21-15-5-1-2-6-16(15)23-20(29)22-9-12-27-18-8-7-14(13-17(18)24-25-27)19(28)26-10-3-4-11-26/h1-2,5-8,13H,3-4,9-12H2,(H2,22,23,29). The second-order valence-electron chi connectivity index (χ2n) is 6.88. The number of amides is 3. The number of para-hydroxylation sites is 1. The molecule has 3 amide bonds. The van der Waals surface area contributed by atoms with E-state index in [0.717, 1.165) is 31.4 Å². The van der Waals surface area contributed by atoms with E-state index in [1.54, 1.807) is 41.1 Å². The molecule has 0 aliphatic carbocycles. The van der Waals surface area contributed by atoms with Gasteiger partial charge in [0, 0.05) is 25.2 Å². The zero-order valence-electron chi connectivity index (χ0n) is 15.8. The minimum Gasteiger partial charge on any atom is -0.339 e. The lowest BCUT2D eigenvalue weighted by atomic mass is 10.1. The van der Waals surface area contributed by atoms with Gasteiger partial charge in [0.2, 0.25) is 0 Å². The highest BCUT2D eigenvalue weighted by molar-refractivity contribution is 6.33. The predicted molar refractivity (Wildman–Crippen MR) is 111 cm³/mol. The Hall–Kier alpha value is -3.13. The number of benzene rings is 2. The molecule has 29 heavy (non-hydrogen) atoms. The fourth-order valence-electron chi connectivity index (χ4n) is 3.38. The van der Waals surface area contributed by atoms with Gasteiger partial charge in [-0.3, -0.25) is 4.79 Å². The van der Waals surface area contributed by atoms with Crippen LogP contribution in [-0.4, -0.2) is 51.5 Å². The number of rotatable bonds is 5. The fraction of sp³-hybridized carbons (Fsp3) is 0.300. The van der Waals surface area contributed by atoms with Crippen LogP contribution in [0.15, 0.2) is 42.5 Å². The molecule has 0 saturated carbocycles. The third-order valence-corrected chi connectivity index (χ3v) is 5.21. The molecule has 1 fully saturated rings. The number of anilines is 1. The molecule has 2 heterocycles. The number of likely N-dealkylation sites (tertiary alicyclic amines) is 1. The van der Waals surface area contributed by atoms with Gasteiger partial charge in [0.25, 0.3) is 5.91 Å². The SMILES string of the molecule is O=C(NCCn1nnc2cc(C(=O)N3CCCC3)ccc21)Nc1ccccc1Cl. The number of fused-ring (bicyclic) bond motifs is 1.